The van der Waals surface area contributed by atoms with Crippen molar-refractivity contribution in [2.45, 2.75) is 32.2 Å². The van der Waals surface area contributed by atoms with E-state index in [1.54, 1.807) is 0 Å². The van der Waals surface area contributed by atoms with E-state index in [1.807, 2.05) is 38.1 Å². The van der Waals surface area contributed by atoms with Gasteiger partial charge in [-0.25, -0.2) is 0 Å². The molecule has 3 rings (SSSR count). The van der Waals surface area contributed by atoms with Gasteiger partial charge in [-0.15, -0.1) is 13.2 Å². The molecule has 6 heteroatoms. The molecule has 2 aromatic carbocycles. The maximum Gasteiger partial charge on any atom is 0.573 e. The number of alkyl halides is 3. The summed E-state index contributed by atoms with van der Waals surface area (Å²) in [6, 6.07) is 12.7. The molecule has 0 amide bonds. The van der Waals surface area contributed by atoms with Gasteiger partial charge in [0.05, 0.1) is 0 Å². The Balaban J connectivity index is 1.87. The van der Waals surface area contributed by atoms with Crippen molar-refractivity contribution in [3.05, 3.63) is 71.3 Å². The second kappa shape index (κ2) is 6.52. The van der Waals surface area contributed by atoms with Gasteiger partial charge < -0.3 is 10.1 Å². The fraction of sp³-hybridized carbons (Fsp3) is 0.250. The number of hydrogen-bond acceptors (Lipinski definition) is 3. The molecule has 136 valence electrons. The highest BCUT2D eigenvalue weighted by molar-refractivity contribution is 6.08. The van der Waals surface area contributed by atoms with Crippen molar-refractivity contribution in [1.29, 1.82) is 0 Å². The van der Waals surface area contributed by atoms with E-state index in [0.29, 0.717) is 5.70 Å². The van der Waals surface area contributed by atoms with Gasteiger partial charge in [-0.05, 0) is 50.1 Å². The minimum atomic E-state index is -4.76. The molecule has 0 aromatic heterocycles. The third-order valence-corrected chi connectivity index (χ3v) is 4.06. The SMILES string of the molecule is CC1(C)Cc2ccccc2/C(=C/C(=O)c2ccc(OC(F)(F)F)cc2)N1. The second-order valence-electron chi connectivity index (χ2n) is 6.84. The lowest BCUT2D eigenvalue weighted by atomic mass is 9.85. The van der Waals surface area contributed by atoms with Crippen LogP contribution in [0.5, 0.6) is 5.75 Å². The van der Waals surface area contributed by atoms with Crippen molar-refractivity contribution in [3.63, 3.8) is 0 Å². The standard InChI is InChI=1S/C20H18F3NO2/c1-19(2)12-14-5-3-4-6-16(14)17(24-19)11-18(25)13-7-9-15(10-8-13)26-20(21,22)23/h3-11,24H,12H2,1-2H3/b17-11-. The number of nitrogens with one attached hydrogen (secondary N) is 1. The first-order valence-corrected chi connectivity index (χ1v) is 8.11. The van der Waals surface area contributed by atoms with Crippen molar-refractivity contribution >= 4 is 11.5 Å². The monoisotopic (exact) mass is 361 g/mol. The van der Waals surface area contributed by atoms with Gasteiger partial charge in [-0.3, -0.25) is 4.79 Å². The molecule has 0 atom stereocenters. The molecule has 0 spiro atoms. The van der Waals surface area contributed by atoms with Crippen LogP contribution in [0.15, 0.2) is 54.6 Å². The summed E-state index contributed by atoms with van der Waals surface area (Å²) >= 11 is 0. The lowest BCUT2D eigenvalue weighted by molar-refractivity contribution is -0.274. The van der Waals surface area contributed by atoms with Gasteiger partial charge in [0.15, 0.2) is 5.78 Å². The van der Waals surface area contributed by atoms with Crippen LogP contribution >= 0.6 is 0 Å². The van der Waals surface area contributed by atoms with Crippen LogP contribution < -0.4 is 10.1 Å². The minimum absolute atomic E-state index is 0.203. The molecule has 1 aliphatic heterocycles. The first-order valence-electron chi connectivity index (χ1n) is 8.11. The van der Waals surface area contributed by atoms with Crippen LogP contribution in [0, 0.1) is 0 Å². The van der Waals surface area contributed by atoms with Gasteiger partial charge in [-0.2, -0.15) is 0 Å². The van der Waals surface area contributed by atoms with Crippen molar-refractivity contribution < 1.29 is 22.7 Å². The third-order valence-electron chi connectivity index (χ3n) is 4.06. The number of carbonyl (C=O) groups is 1. The third kappa shape index (κ3) is 4.25. The Morgan fingerprint density at radius 3 is 2.42 bits per heavy atom. The Morgan fingerprint density at radius 2 is 1.77 bits per heavy atom. The van der Waals surface area contributed by atoms with Crippen LogP contribution in [-0.2, 0) is 6.42 Å². The number of ether oxygens (including phenoxy) is 1. The maximum absolute atomic E-state index is 12.6. The van der Waals surface area contributed by atoms with Crippen LogP contribution in [0.2, 0.25) is 0 Å². The highest BCUT2D eigenvalue weighted by Crippen LogP contribution is 2.30. The number of halogens is 3. The van der Waals surface area contributed by atoms with E-state index in [1.165, 1.54) is 18.2 Å². The minimum Gasteiger partial charge on any atom is -0.406 e. The maximum atomic E-state index is 12.6. The average molecular weight is 361 g/mol. The molecule has 0 saturated heterocycles. The Hall–Kier alpha value is -2.76. The van der Waals surface area contributed by atoms with E-state index >= 15 is 0 Å². The van der Waals surface area contributed by atoms with Crippen LogP contribution in [0.1, 0.15) is 35.3 Å². The molecule has 0 bridgehead atoms. The molecule has 0 radical (unpaired) electrons. The summed E-state index contributed by atoms with van der Waals surface area (Å²) < 4.78 is 40.5. The highest BCUT2D eigenvalue weighted by Gasteiger charge is 2.31. The van der Waals surface area contributed by atoms with E-state index in [4.69, 9.17) is 0 Å². The lowest BCUT2D eigenvalue weighted by Gasteiger charge is -2.35. The number of allylic oxidation sites excluding steroid dienone is 1. The van der Waals surface area contributed by atoms with E-state index in [9.17, 15) is 18.0 Å². The summed E-state index contributed by atoms with van der Waals surface area (Å²) in [4.78, 5) is 12.6. The normalized spacial score (nSPS) is 17.3. The Bertz CT molecular complexity index is 852. The van der Waals surface area contributed by atoms with Crippen LogP contribution in [0.25, 0.3) is 5.70 Å². The topological polar surface area (TPSA) is 38.3 Å². The van der Waals surface area contributed by atoms with Gasteiger partial charge in [0, 0.05) is 28.4 Å². The molecule has 3 nitrogen and oxygen atoms in total. The van der Waals surface area contributed by atoms with Crippen molar-refractivity contribution in [2.75, 3.05) is 0 Å². The Kier molecular flexibility index (Phi) is 4.52. The molecule has 0 unspecified atom stereocenters. The number of benzene rings is 2. The van der Waals surface area contributed by atoms with Crippen LogP contribution in [-0.4, -0.2) is 17.7 Å². The van der Waals surface area contributed by atoms with Gasteiger partial charge in [0.25, 0.3) is 0 Å². The van der Waals surface area contributed by atoms with Crippen LogP contribution in [0.4, 0.5) is 13.2 Å². The van der Waals surface area contributed by atoms with E-state index < -0.39 is 6.36 Å². The summed E-state index contributed by atoms with van der Waals surface area (Å²) in [6.07, 6.45) is -2.44. The molecule has 0 fully saturated rings. The summed E-state index contributed by atoms with van der Waals surface area (Å²) in [5.74, 6) is -0.650. The number of carbonyl (C=O) groups excluding carboxylic acids is 1. The van der Waals surface area contributed by atoms with E-state index in [2.05, 4.69) is 10.1 Å². The Labute approximate surface area is 149 Å². The van der Waals surface area contributed by atoms with Gasteiger partial charge in [0.2, 0.25) is 0 Å². The smallest absolute Gasteiger partial charge is 0.406 e. The number of ketones is 1. The molecule has 0 aliphatic carbocycles. The highest BCUT2D eigenvalue weighted by atomic mass is 19.4. The molecule has 26 heavy (non-hydrogen) atoms. The molecular weight excluding hydrogens is 343 g/mol. The summed E-state index contributed by atoms with van der Waals surface area (Å²) in [5.41, 5.74) is 2.89. The predicted molar refractivity (Wildman–Crippen MR) is 92.8 cm³/mol. The number of hydrogen-bond donors (Lipinski definition) is 1. The fourth-order valence-corrected chi connectivity index (χ4v) is 3.04. The van der Waals surface area contributed by atoms with E-state index in [0.717, 1.165) is 29.7 Å². The van der Waals surface area contributed by atoms with Gasteiger partial charge >= 0.3 is 6.36 Å². The van der Waals surface area contributed by atoms with Gasteiger partial charge in [-0.1, -0.05) is 24.3 Å². The molecule has 1 aliphatic rings. The summed E-state index contributed by atoms with van der Waals surface area (Å²) in [7, 11) is 0. The van der Waals surface area contributed by atoms with Crippen molar-refractivity contribution in [2.24, 2.45) is 0 Å². The number of fused-ring (bicyclic) bond motifs is 1. The zero-order valence-electron chi connectivity index (χ0n) is 14.4. The second-order valence-corrected chi connectivity index (χ2v) is 6.84. The predicted octanol–water partition coefficient (Wildman–Crippen LogP) is 4.73. The van der Waals surface area contributed by atoms with Crippen molar-refractivity contribution in [1.82, 2.24) is 5.32 Å². The number of rotatable bonds is 3. The van der Waals surface area contributed by atoms with Crippen LogP contribution in [0.3, 0.4) is 0 Å². The zero-order chi connectivity index (χ0) is 18.9. The average Bonchev–Trinajstić information content (AvgIpc) is 2.53. The quantitative estimate of drug-likeness (QED) is 0.634. The molecule has 1 heterocycles. The van der Waals surface area contributed by atoms with Gasteiger partial charge in [0.1, 0.15) is 5.75 Å². The first-order chi connectivity index (χ1) is 12.1. The summed E-state index contributed by atoms with van der Waals surface area (Å²) in [6.45, 7) is 4.09. The molecule has 2 aromatic rings. The fourth-order valence-electron chi connectivity index (χ4n) is 3.04. The summed E-state index contributed by atoms with van der Waals surface area (Å²) in [5, 5.41) is 3.36. The largest absolute Gasteiger partial charge is 0.573 e. The zero-order valence-corrected chi connectivity index (χ0v) is 14.4. The van der Waals surface area contributed by atoms with E-state index in [-0.39, 0.29) is 22.6 Å². The Morgan fingerprint density at radius 1 is 1.12 bits per heavy atom. The lowest BCUT2D eigenvalue weighted by Crippen LogP contribution is -2.43. The molecule has 0 saturated carbocycles. The molecular formula is C20H18F3NO2. The molecule has 1 N–H and O–H groups in total. The van der Waals surface area contributed by atoms with Crippen molar-refractivity contribution in [3.8, 4) is 5.75 Å². The first kappa shape index (κ1) is 18.0.